The van der Waals surface area contributed by atoms with E-state index in [1.54, 1.807) is 12.1 Å². The Kier molecular flexibility index (Phi) is 8.41. The Labute approximate surface area is 192 Å². The Hall–Kier alpha value is -2.02. The standard InChI is InChI=1S/C25H29BrFNO3/c1-16(2)14-30-22(12-26)21-15-31-24(19-8-10-20(27)11-9-19)23(21)25(29)28-13-18-6-4-17(3)5-7-18/h4-11,16,22,24H,12-15H2,1-3H3,(H,28,29). The number of rotatable bonds is 9. The average molecular weight is 490 g/mol. The number of nitrogens with one attached hydrogen (secondary N) is 1. The lowest BCUT2D eigenvalue weighted by atomic mass is 9.96. The summed E-state index contributed by atoms with van der Waals surface area (Å²) in [7, 11) is 0. The van der Waals surface area contributed by atoms with Gasteiger partial charge in [-0.25, -0.2) is 4.39 Å². The molecule has 0 spiro atoms. The van der Waals surface area contributed by atoms with Gasteiger partial charge in [0, 0.05) is 18.5 Å². The van der Waals surface area contributed by atoms with E-state index in [0.717, 1.165) is 16.7 Å². The summed E-state index contributed by atoms with van der Waals surface area (Å²) in [4.78, 5) is 13.3. The number of aryl methyl sites for hydroxylation is 1. The summed E-state index contributed by atoms with van der Waals surface area (Å²) >= 11 is 3.52. The zero-order valence-corrected chi connectivity index (χ0v) is 19.7. The molecule has 166 valence electrons. The molecule has 0 aromatic heterocycles. The van der Waals surface area contributed by atoms with Gasteiger partial charge in [0.15, 0.2) is 0 Å². The molecule has 0 bridgehead atoms. The monoisotopic (exact) mass is 489 g/mol. The van der Waals surface area contributed by atoms with Gasteiger partial charge in [0.1, 0.15) is 11.9 Å². The highest BCUT2D eigenvalue weighted by Gasteiger charge is 2.36. The Bertz CT molecular complexity index is 909. The predicted molar refractivity (Wildman–Crippen MR) is 124 cm³/mol. The fraction of sp³-hybridized carbons (Fsp3) is 0.400. The van der Waals surface area contributed by atoms with Crippen LogP contribution in [0.5, 0.6) is 0 Å². The van der Waals surface area contributed by atoms with Crippen LogP contribution in [-0.2, 0) is 20.8 Å². The van der Waals surface area contributed by atoms with Gasteiger partial charge in [-0.05, 0) is 41.7 Å². The van der Waals surface area contributed by atoms with Crippen molar-refractivity contribution in [2.45, 2.75) is 39.5 Å². The topological polar surface area (TPSA) is 47.6 Å². The number of amides is 1. The smallest absolute Gasteiger partial charge is 0.250 e. The van der Waals surface area contributed by atoms with Crippen molar-refractivity contribution < 1.29 is 18.7 Å². The molecule has 0 radical (unpaired) electrons. The molecule has 1 aliphatic rings. The largest absolute Gasteiger partial charge is 0.373 e. The van der Waals surface area contributed by atoms with Crippen molar-refractivity contribution in [3.8, 4) is 0 Å². The predicted octanol–water partition coefficient (Wildman–Crippen LogP) is 5.25. The van der Waals surface area contributed by atoms with Gasteiger partial charge in [0.25, 0.3) is 5.91 Å². The van der Waals surface area contributed by atoms with Crippen LogP contribution in [0.1, 0.15) is 36.6 Å². The molecule has 0 fully saturated rings. The van der Waals surface area contributed by atoms with Crippen molar-refractivity contribution in [2.75, 3.05) is 18.5 Å². The highest BCUT2D eigenvalue weighted by Crippen LogP contribution is 2.37. The van der Waals surface area contributed by atoms with E-state index in [2.05, 4.69) is 35.1 Å². The van der Waals surface area contributed by atoms with E-state index >= 15 is 0 Å². The zero-order chi connectivity index (χ0) is 22.4. The van der Waals surface area contributed by atoms with Crippen LogP contribution in [0.4, 0.5) is 4.39 Å². The van der Waals surface area contributed by atoms with Crippen LogP contribution in [-0.4, -0.2) is 30.6 Å². The molecule has 3 rings (SSSR count). The highest BCUT2D eigenvalue weighted by molar-refractivity contribution is 9.09. The summed E-state index contributed by atoms with van der Waals surface area (Å²) in [6.07, 6.45) is -0.828. The van der Waals surface area contributed by atoms with Crippen molar-refractivity contribution in [2.24, 2.45) is 5.92 Å². The first-order valence-corrected chi connectivity index (χ1v) is 11.6. The lowest BCUT2D eigenvalue weighted by Gasteiger charge is -2.20. The Morgan fingerprint density at radius 1 is 1.19 bits per heavy atom. The zero-order valence-electron chi connectivity index (χ0n) is 18.2. The second kappa shape index (κ2) is 11.0. The minimum absolute atomic E-state index is 0.193. The molecule has 2 aromatic carbocycles. The second-order valence-electron chi connectivity index (χ2n) is 8.22. The van der Waals surface area contributed by atoms with Gasteiger partial charge in [0.2, 0.25) is 0 Å². The number of halogens is 2. The van der Waals surface area contributed by atoms with Crippen LogP contribution < -0.4 is 5.32 Å². The lowest BCUT2D eigenvalue weighted by molar-refractivity contribution is -0.118. The second-order valence-corrected chi connectivity index (χ2v) is 8.87. The van der Waals surface area contributed by atoms with Crippen molar-refractivity contribution in [3.63, 3.8) is 0 Å². The molecule has 0 saturated heterocycles. The highest BCUT2D eigenvalue weighted by atomic mass is 79.9. The van der Waals surface area contributed by atoms with Crippen LogP contribution in [0, 0.1) is 18.7 Å². The van der Waals surface area contributed by atoms with Gasteiger partial charge in [-0.15, -0.1) is 0 Å². The Balaban J connectivity index is 1.87. The number of ether oxygens (including phenoxy) is 2. The number of hydrogen-bond acceptors (Lipinski definition) is 3. The average Bonchev–Trinajstić information content (AvgIpc) is 3.19. The molecule has 1 N–H and O–H groups in total. The van der Waals surface area contributed by atoms with Crippen LogP contribution in [0.25, 0.3) is 0 Å². The van der Waals surface area contributed by atoms with Crippen LogP contribution >= 0.6 is 15.9 Å². The lowest BCUT2D eigenvalue weighted by Crippen LogP contribution is -2.29. The van der Waals surface area contributed by atoms with Crippen LogP contribution in [0.15, 0.2) is 59.7 Å². The van der Waals surface area contributed by atoms with E-state index in [9.17, 15) is 9.18 Å². The van der Waals surface area contributed by atoms with Crippen molar-refractivity contribution in [1.29, 1.82) is 0 Å². The van der Waals surface area contributed by atoms with Crippen LogP contribution in [0.3, 0.4) is 0 Å². The number of alkyl halides is 1. The Morgan fingerprint density at radius 2 is 1.87 bits per heavy atom. The van der Waals surface area contributed by atoms with Gasteiger partial charge in [0.05, 0.1) is 18.3 Å². The first kappa shape index (κ1) is 23.6. The molecule has 31 heavy (non-hydrogen) atoms. The van der Waals surface area contributed by atoms with Crippen LogP contribution in [0.2, 0.25) is 0 Å². The maximum atomic E-state index is 13.4. The van der Waals surface area contributed by atoms with Crippen molar-refractivity contribution in [3.05, 3.63) is 82.2 Å². The number of carbonyl (C=O) groups is 1. The molecule has 2 unspecified atom stereocenters. The van der Waals surface area contributed by atoms with Gasteiger partial charge >= 0.3 is 0 Å². The summed E-state index contributed by atoms with van der Waals surface area (Å²) in [5.74, 6) is -0.146. The van der Waals surface area contributed by atoms with Gasteiger partial charge in [-0.1, -0.05) is 71.7 Å². The molecule has 0 aliphatic carbocycles. The Morgan fingerprint density at radius 3 is 2.48 bits per heavy atom. The molecule has 2 atom stereocenters. The third-order valence-corrected chi connectivity index (χ3v) is 5.75. The third-order valence-electron chi connectivity index (χ3n) is 5.16. The first-order chi connectivity index (χ1) is 14.9. The SMILES string of the molecule is Cc1ccc(CNC(=O)C2=C(C(CBr)OCC(C)C)COC2c2ccc(F)cc2)cc1. The fourth-order valence-electron chi connectivity index (χ4n) is 3.46. The van der Waals surface area contributed by atoms with E-state index in [-0.39, 0.29) is 17.8 Å². The molecule has 2 aromatic rings. The molecule has 0 saturated carbocycles. The first-order valence-electron chi connectivity index (χ1n) is 10.5. The molecule has 6 heteroatoms. The fourth-order valence-corrected chi connectivity index (χ4v) is 4.04. The molecule has 1 aliphatic heterocycles. The summed E-state index contributed by atoms with van der Waals surface area (Å²) in [5, 5.41) is 3.58. The van der Waals surface area contributed by atoms with E-state index in [1.165, 1.54) is 17.7 Å². The molecule has 1 heterocycles. The van der Waals surface area contributed by atoms with E-state index in [1.807, 2.05) is 31.2 Å². The van der Waals surface area contributed by atoms with Gasteiger partial charge in [-0.3, -0.25) is 4.79 Å². The molecule has 4 nitrogen and oxygen atoms in total. The molecular weight excluding hydrogens is 461 g/mol. The van der Waals surface area contributed by atoms with E-state index in [0.29, 0.717) is 36.6 Å². The van der Waals surface area contributed by atoms with Gasteiger partial charge in [-0.2, -0.15) is 0 Å². The van der Waals surface area contributed by atoms with Crippen molar-refractivity contribution in [1.82, 2.24) is 5.32 Å². The normalized spacial score (nSPS) is 17.3. The van der Waals surface area contributed by atoms with E-state index in [4.69, 9.17) is 9.47 Å². The summed E-state index contributed by atoms with van der Waals surface area (Å²) in [6, 6.07) is 14.1. The minimum atomic E-state index is -0.558. The summed E-state index contributed by atoms with van der Waals surface area (Å²) in [6.45, 7) is 7.49. The third kappa shape index (κ3) is 6.25. The van der Waals surface area contributed by atoms with Crippen molar-refractivity contribution >= 4 is 21.8 Å². The quantitative estimate of drug-likeness (QED) is 0.489. The number of benzene rings is 2. The summed E-state index contributed by atoms with van der Waals surface area (Å²) < 4.78 is 25.5. The summed E-state index contributed by atoms with van der Waals surface area (Å²) in [5.41, 5.74) is 4.31. The van der Waals surface area contributed by atoms with Gasteiger partial charge < -0.3 is 14.8 Å². The van der Waals surface area contributed by atoms with E-state index < -0.39 is 6.10 Å². The molecule has 1 amide bonds. The maximum absolute atomic E-state index is 13.4. The number of hydrogen-bond donors (Lipinski definition) is 1. The number of carbonyl (C=O) groups excluding carboxylic acids is 1. The minimum Gasteiger partial charge on any atom is -0.373 e. The maximum Gasteiger partial charge on any atom is 0.250 e. The molecular formula is C25H29BrFNO3.